The van der Waals surface area contributed by atoms with E-state index in [2.05, 4.69) is 5.32 Å². The molecule has 10 heteroatoms. The van der Waals surface area contributed by atoms with Gasteiger partial charge in [-0.15, -0.1) is 0 Å². The number of halogens is 1. The average molecular weight is 393 g/mol. The Morgan fingerprint density at radius 2 is 1.96 bits per heavy atom. The molecule has 0 bridgehead atoms. The van der Waals surface area contributed by atoms with Gasteiger partial charge in [0.2, 0.25) is 0 Å². The number of fused-ring (bicyclic) bond motifs is 1. The summed E-state index contributed by atoms with van der Waals surface area (Å²) in [4.78, 5) is 13.9. The van der Waals surface area contributed by atoms with Gasteiger partial charge in [0.1, 0.15) is 0 Å². The molecule has 0 saturated carbocycles. The molecule has 2 amide bonds. The van der Waals surface area contributed by atoms with Crippen molar-refractivity contribution in [1.82, 2.24) is 10.2 Å². The summed E-state index contributed by atoms with van der Waals surface area (Å²) in [6.07, 6.45) is 0.368. The summed E-state index contributed by atoms with van der Waals surface area (Å²) in [5.74, 6) is -0.245. The van der Waals surface area contributed by atoms with Gasteiger partial charge in [-0.2, -0.15) is 0 Å². The van der Waals surface area contributed by atoms with E-state index in [0.717, 1.165) is 0 Å². The van der Waals surface area contributed by atoms with E-state index in [-0.39, 0.29) is 22.2 Å². The molecule has 2 heterocycles. The molecule has 0 unspecified atom stereocenters. The van der Waals surface area contributed by atoms with E-state index >= 15 is 0 Å². The van der Waals surface area contributed by atoms with Crippen LogP contribution < -0.4 is 5.32 Å². The highest BCUT2D eigenvalue weighted by Gasteiger charge is 2.39. The number of sulfone groups is 2. The number of amides is 2. The summed E-state index contributed by atoms with van der Waals surface area (Å²) in [5.41, 5.74) is 0.485. The zero-order valence-electron chi connectivity index (χ0n) is 12.9. The summed E-state index contributed by atoms with van der Waals surface area (Å²) < 4.78 is 47.5. The number of rotatable bonds is 2. The molecule has 1 aromatic carbocycles. The normalized spacial score (nSPS) is 26.8. The highest BCUT2D eigenvalue weighted by atomic mass is 35.5. The molecule has 3 rings (SSSR count). The van der Waals surface area contributed by atoms with Crippen LogP contribution >= 0.6 is 11.6 Å². The SMILES string of the molecule is CN(C(=O)N[C@H]1CCS(=O)(=O)C1)[C@@H]1CS(=O)(=O)c2ccc(Cl)cc21. The highest BCUT2D eigenvalue weighted by molar-refractivity contribution is 7.92. The van der Waals surface area contributed by atoms with Crippen molar-refractivity contribution in [3.05, 3.63) is 28.8 Å². The second-order valence-corrected chi connectivity index (χ2v) is 10.8. The zero-order valence-corrected chi connectivity index (χ0v) is 15.3. The third-order valence-electron chi connectivity index (χ3n) is 4.39. The van der Waals surface area contributed by atoms with Crippen molar-refractivity contribution in [3.8, 4) is 0 Å². The van der Waals surface area contributed by atoms with Crippen molar-refractivity contribution in [2.75, 3.05) is 24.3 Å². The Labute approximate surface area is 145 Å². The molecule has 2 atom stereocenters. The molecular formula is C14H17ClN2O5S2. The maximum atomic E-state index is 12.4. The van der Waals surface area contributed by atoms with Gasteiger partial charge in [0.25, 0.3) is 0 Å². The van der Waals surface area contributed by atoms with Gasteiger partial charge in [-0.25, -0.2) is 21.6 Å². The molecule has 0 aromatic heterocycles. The molecule has 1 aromatic rings. The number of nitrogens with one attached hydrogen (secondary N) is 1. The Balaban J connectivity index is 1.80. The fourth-order valence-electron chi connectivity index (χ4n) is 3.10. The van der Waals surface area contributed by atoms with Crippen LogP contribution in [0.5, 0.6) is 0 Å². The fourth-order valence-corrected chi connectivity index (χ4v) is 6.78. The van der Waals surface area contributed by atoms with Crippen LogP contribution in [0.15, 0.2) is 23.1 Å². The molecule has 0 radical (unpaired) electrons. The second kappa shape index (κ2) is 5.89. The van der Waals surface area contributed by atoms with Crippen molar-refractivity contribution < 1.29 is 21.6 Å². The van der Waals surface area contributed by atoms with Gasteiger partial charge in [0, 0.05) is 18.1 Å². The lowest BCUT2D eigenvalue weighted by Gasteiger charge is -2.26. The van der Waals surface area contributed by atoms with E-state index in [1.54, 1.807) is 6.07 Å². The number of hydrogen-bond acceptors (Lipinski definition) is 5. The van der Waals surface area contributed by atoms with Crippen molar-refractivity contribution in [3.63, 3.8) is 0 Å². The third kappa shape index (κ3) is 3.25. The minimum absolute atomic E-state index is 0.0535. The van der Waals surface area contributed by atoms with Crippen LogP contribution in [0.4, 0.5) is 4.79 Å². The summed E-state index contributed by atoms with van der Waals surface area (Å²) in [6, 6.07) is 2.91. The van der Waals surface area contributed by atoms with E-state index in [1.807, 2.05) is 0 Å². The summed E-state index contributed by atoms with van der Waals surface area (Å²) in [6.45, 7) is 0. The smallest absolute Gasteiger partial charge is 0.317 e. The molecule has 132 valence electrons. The number of carbonyl (C=O) groups is 1. The van der Waals surface area contributed by atoms with Crippen LogP contribution in [-0.2, 0) is 19.7 Å². The zero-order chi connectivity index (χ0) is 17.7. The van der Waals surface area contributed by atoms with Gasteiger partial charge in [0.15, 0.2) is 19.7 Å². The van der Waals surface area contributed by atoms with Gasteiger partial charge in [0.05, 0.1) is 28.2 Å². The Morgan fingerprint density at radius 3 is 2.58 bits per heavy atom. The quantitative estimate of drug-likeness (QED) is 0.809. The Bertz CT molecular complexity index is 898. The monoisotopic (exact) mass is 392 g/mol. The van der Waals surface area contributed by atoms with Gasteiger partial charge in [-0.05, 0) is 30.2 Å². The van der Waals surface area contributed by atoms with E-state index in [4.69, 9.17) is 11.6 Å². The molecule has 1 fully saturated rings. The van der Waals surface area contributed by atoms with Crippen LogP contribution in [0, 0.1) is 0 Å². The van der Waals surface area contributed by atoms with Crippen LogP contribution in [-0.4, -0.2) is 58.1 Å². The standard InChI is InChI=1S/C14H17ClN2O5S2/c1-17(14(18)16-10-4-5-23(19,20)7-10)12-8-24(21,22)13-3-2-9(15)6-11(12)13/h2-3,6,10,12H,4-5,7-8H2,1H3,(H,16,18)/t10-,12+/m0/s1. The van der Waals surface area contributed by atoms with E-state index in [9.17, 15) is 21.6 Å². The average Bonchev–Trinajstić information content (AvgIpc) is 2.94. The number of nitrogens with zero attached hydrogens (tertiary/aromatic N) is 1. The van der Waals surface area contributed by atoms with Crippen LogP contribution in [0.25, 0.3) is 0 Å². The first-order chi connectivity index (χ1) is 11.1. The predicted octanol–water partition coefficient (Wildman–Crippen LogP) is 0.997. The number of hydrogen-bond donors (Lipinski definition) is 1. The minimum atomic E-state index is -3.47. The third-order valence-corrected chi connectivity index (χ3v) is 8.19. The predicted molar refractivity (Wildman–Crippen MR) is 89.6 cm³/mol. The van der Waals surface area contributed by atoms with Crippen molar-refractivity contribution >= 4 is 37.3 Å². The van der Waals surface area contributed by atoms with Crippen LogP contribution in [0.3, 0.4) is 0 Å². The Kier molecular flexibility index (Phi) is 4.29. The first kappa shape index (κ1) is 17.5. The molecule has 1 saturated heterocycles. The first-order valence-corrected chi connectivity index (χ1v) is 11.2. The molecule has 2 aliphatic rings. The van der Waals surface area contributed by atoms with Crippen molar-refractivity contribution in [2.45, 2.75) is 23.4 Å². The maximum absolute atomic E-state index is 12.4. The topological polar surface area (TPSA) is 101 Å². The summed E-state index contributed by atoms with van der Waals surface area (Å²) in [7, 11) is -5.08. The Morgan fingerprint density at radius 1 is 1.25 bits per heavy atom. The van der Waals surface area contributed by atoms with E-state index < -0.39 is 37.8 Å². The number of benzene rings is 1. The fraction of sp³-hybridized carbons (Fsp3) is 0.500. The minimum Gasteiger partial charge on any atom is -0.334 e. The lowest BCUT2D eigenvalue weighted by molar-refractivity contribution is 0.192. The molecule has 2 aliphatic heterocycles. The molecule has 0 spiro atoms. The molecule has 0 aliphatic carbocycles. The lowest BCUT2D eigenvalue weighted by atomic mass is 10.1. The van der Waals surface area contributed by atoms with Gasteiger partial charge in [-0.3, -0.25) is 0 Å². The first-order valence-electron chi connectivity index (χ1n) is 7.35. The largest absolute Gasteiger partial charge is 0.334 e. The van der Waals surface area contributed by atoms with Gasteiger partial charge in [-0.1, -0.05) is 11.6 Å². The van der Waals surface area contributed by atoms with Crippen LogP contribution in [0.1, 0.15) is 18.0 Å². The summed E-state index contributed by atoms with van der Waals surface area (Å²) >= 11 is 5.95. The number of urea groups is 1. The van der Waals surface area contributed by atoms with Gasteiger partial charge < -0.3 is 10.2 Å². The molecule has 1 N–H and O–H groups in total. The van der Waals surface area contributed by atoms with Crippen molar-refractivity contribution in [2.24, 2.45) is 0 Å². The molecular weight excluding hydrogens is 376 g/mol. The lowest BCUT2D eigenvalue weighted by Crippen LogP contribution is -2.45. The second-order valence-electron chi connectivity index (χ2n) is 6.14. The molecule has 7 nitrogen and oxygen atoms in total. The molecule has 24 heavy (non-hydrogen) atoms. The maximum Gasteiger partial charge on any atom is 0.317 e. The highest BCUT2D eigenvalue weighted by Crippen LogP contribution is 2.38. The summed E-state index contributed by atoms with van der Waals surface area (Å²) in [5, 5.41) is 3.06. The van der Waals surface area contributed by atoms with E-state index in [1.165, 1.54) is 24.1 Å². The Hall–Kier alpha value is -1.32. The van der Waals surface area contributed by atoms with Crippen LogP contribution in [0.2, 0.25) is 5.02 Å². The van der Waals surface area contributed by atoms with E-state index in [0.29, 0.717) is 17.0 Å². The number of carbonyl (C=O) groups excluding carboxylic acids is 1. The van der Waals surface area contributed by atoms with Crippen molar-refractivity contribution in [1.29, 1.82) is 0 Å². The van der Waals surface area contributed by atoms with Gasteiger partial charge >= 0.3 is 6.03 Å².